The molecule has 0 saturated carbocycles. The highest BCUT2D eigenvalue weighted by molar-refractivity contribution is 7.85. The molecule has 2 aromatic rings. The number of fused-ring (bicyclic) bond motifs is 8. The van der Waals surface area contributed by atoms with Gasteiger partial charge in [0.15, 0.2) is 0 Å². The minimum absolute atomic E-state index is 0.0362. The highest BCUT2D eigenvalue weighted by atomic mass is 32.2. The predicted octanol–water partition coefficient (Wildman–Crippen LogP) is 2.38. The summed E-state index contributed by atoms with van der Waals surface area (Å²) in [6, 6.07) is 10.6. The number of carboxylic acids is 1. The van der Waals surface area contributed by atoms with E-state index in [0.717, 1.165) is 34.1 Å². The number of benzene rings is 2. The number of hydrogen-bond acceptors (Lipinski definition) is 5. The second kappa shape index (κ2) is 5.14. The summed E-state index contributed by atoms with van der Waals surface area (Å²) >= 11 is 0. The van der Waals surface area contributed by atoms with Crippen molar-refractivity contribution in [2.45, 2.75) is 18.8 Å². The average molecular weight is 346 g/mol. The van der Waals surface area contributed by atoms with Gasteiger partial charge in [-0.1, -0.05) is 24.3 Å². The van der Waals surface area contributed by atoms with Crippen molar-refractivity contribution in [1.82, 2.24) is 0 Å². The molecule has 0 amide bonds. The van der Waals surface area contributed by atoms with Gasteiger partial charge in [-0.05, 0) is 39.9 Å². The molecule has 0 aromatic heterocycles. The molecule has 1 N–H and O–H groups in total. The van der Waals surface area contributed by atoms with E-state index in [1.54, 1.807) is 18.2 Å². The maximum Gasteiger partial charge on any atom is 0.335 e. The van der Waals surface area contributed by atoms with Crippen molar-refractivity contribution in [2.75, 3.05) is 6.26 Å². The largest absolute Gasteiger partial charge is 0.478 e. The van der Waals surface area contributed by atoms with Crippen LogP contribution in [0, 0.1) is 0 Å². The van der Waals surface area contributed by atoms with Gasteiger partial charge >= 0.3 is 5.97 Å². The maximum absolute atomic E-state index is 11.2. The molecule has 4 rings (SSSR count). The number of carbonyl (C=O) groups is 1. The summed E-state index contributed by atoms with van der Waals surface area (Å²) in [6.07, 6.45) is 0.486. The number of ether oxygens (including phenoxy) is 1. The Morgan fingerprint density at radius 2 is 1.71 bits per heavy atom. The number of aromatic carboxylic acids is 1. The van der Waals surface area contributed by atoms with Crippen molar-refractivity contribution in [3.05, 3.63) is 69.8 Å². The first-order valence-corrected chi connectivity index (χ1v) is 9.15. The van der Waals surface area contributed by atoms with Gasteiger partial charge in [0.1, 0.15) is 12.2 Å². The smallest absolute Gasteiger partial charge is 0.335 e. The van der Waals surface area contributed by atoms with E-state index in [1.807, 2.05) is 18.2 Å². The Morgan fingerprint density at radius 3 is 2.38 bits per heavy atom. The van der Waals surface area contributed by atoms with Gasteiger partial charge in [0.25, 0.3) is 10.1 Å². The van der Waals surface area contributed by atoms with Crippen LogP contribution >= 0.6 is 0 Å². The van der Waals surface area contributed by atoms with Crippen LogP contribution in [0.2, 0.25) is 0 Å². The zero-order chi connectivity index (χ0) is 17.1. The third kappa shape index (κ3) is 2.41. The van der Waals surface area contributed by atoms with Crippen LogP contribution in [0.5, 0.6) is 0 Å². The van der Waals surface area contributed by atoms with E-state index in [0.29, 0.717) is 0 Å². The molecular formula is C17H14O6S. The van der Waals surface area contributed by atoms with E-state index < -0.39 is 16.1 Å². The van der Waals surface area contributed by atoms with Crippen molar-refractivity contribution in [3.8, 4) is 0 Å². The SMILES string of the molecule is CS(=O)(=O)OCc1ccc2c(c1)[C@H]1O[C@@H]2c2ccc(C(=O)O)cc21. The Balaban J connectivity index is 1.70. The molecule has 2 bridgehead atoms. The predicted molar refractivity (Wildman–Crippen MR) is 84.2 cm³/mol. The molecule has 0 radical (unpaired) electrons. The number of hydrogen-bond donors (Lipinski definition) is 1. The molecule has 2 aliphatic heterocycles. The lowest BCUT2D eigenvalue weighted by atomic mass is 9.84. The zero-order valence-electron chi connectivity index (χ0n) is 12.7. The van der Waals surface area contributed by atoms with Crippen LogP contribution in [0.1, 0.15) is 50.4 Å². The van der Waals surface area contributed by atoms with Crippen molar-refractivity contribution in [1.29, 1.82) is 0 Å². The van der Waals surface area contributed by atoms with Gasteiger partial charge in [-0.3, -0.25) is 4.18 Å². The molecule has 0 saturated heterocycles. The van der Waals surface area contributed by atoms with Gasteiger partial charge in [-0.2, -0.15) is 8.42 Å². The van der Waals surface area contributed by atoms with Crippen molar-refractivity contribution in [3.63, 3.8) is 0 Å². The first-order chi connectivity index (χ1) is 11.3. The van der Waals surface area contributed by atoms with Crippen molar-refractivity contribution < 1.29 is 27.2 Å². The molecule has 24 heavy (non-hydrogen) atoms. The van der Waals surface area contributed by atoms with Crippen LogP contribution in [0.25, 0.3) is 0 Å². The lowest BCUT2D eigenvalue weighted by Crippen LogP contribution is -2.07. The topological polar surface area (TPSA) is 89.9 Å². The standard InChI is InChI=1S/C17H14O6S/c1-24(20,21)22-8-9-2-4-11-13(6-9)16-14-7-10(17(18)19)3-5-12(14)15(11)23-16/h2-7,15-16H,8H2,1H3,(H,18,19)/t15-,16+/m0/s1. The number of carboxylic acid groups (broad SMARTS) is 1. The van der Waals surface area contributed by atoms with Crippen LogP contribution in [-0.2, 0) is 25.6 Å². The van der Waals surface area contributed by atoms with Gasteiger partial charge in [-0.25, -0.2) is 4.79 Å². The molecule has 6 nitrogen and oxygen atoms in total. The summed E-state index contributed by atoms with van der Waals surface area (Å²) in [4.78, 5) is 11.2. The molecule has 0 aliphatic carbocycles. The van der Waals surface area contributed by atoms with Gasteiger partial charge in [0.2, 0.25) is 0 Å². The summed E-state index contributed by atoms with van der Waals surface area (Å²) in [5, 5.41) is 9.16. The first-order valence-electron chi connectivity index (χ1n) is 7.33. The second-order valence-electron chi connectivity index (χ2n) is 5.97. The molecule has 0 fully saturated rings. The van der Waals surface area contributed by atoms with Gasteiger partial charge < -0.3 is 9.84 Å². The molecule has 2 heterocycles. The molecular weight excluding hydrogens is 332 g/mol. The average Bonchev–Trinajstić information content (AvgIpc) is 3.08. The Kier molecular flexibility index (Phi) is 3.28. The monoisotopic (exact) mass is 346 g/mol. The van der Waals surface area contributed by atoms with Crippen LogP contribution in [-0.4, -0.2) is 25.7 Å². The molecule has 2 atom stereocenters. The Labute approximate surface area is 138 Å². The molecule has 2 aromatic carbocycles. The third-order valence-corrected chi connectivity index (χ3v) is 4.87. The summed E-state index contributed by atoms with van der Waals surface area (Å²) in [6.45, 7) is -0.0362. The quantitative estimate of drug-likeness (QED) is 0.855. The maximum atomic E-state index is 11.2. The van der Waals surface area contributed by atoms with Crippen LogP contribution < -0.4 is 0 Å². The third-order valence-electron chi connectivity index (χ3n) is 4.33. The first kappa shape index (κ1) is 15.3. The molecule has 0 spiro atoms. The van der Waals surface area contributed by atoms with Crippen LogP contribution in [0.15, 0.2) is 36.4 Å². The molecule has 0 unspecified atom stereocenters. The fourth-order valence-electron chi connectivity index (χ4n) is 3.29. The number of rotatable bonds is 4. The lowest BCUT2D eigenvalue weighted by molar-refractivity contribution is 0.0696. The van der Waals surface area contributed by atoms with Crippen molar-refractivity contribution >= 4 is 16.1 Å². The summed E-state index contributed by atoms with van der Waals surface area (Å²) < 4.78 is 33.1. The van der Waals surface area contributed by atoms with E-state index in [-0.39, 0.29) is 24.4 Å². The fraction of sp³-hybridized carbons (Fsp3) is 0.235. The van der Waals surface area contributed by atoms with E-state index in [9.17, 15) is 13.2 Å². The minimum atomic E-state index is -3.51. The zero-order valence-corrected chi connectivity index (χ0v) is 13.5. The van der Waals surface area contributed by atoms with Crippen LogP contribution in [0.3, 0.4) is 0 Å². The van der Waals surface area contributed by atoms with E-state index in [1.165, 1.54) is 0 Å². The van der Waals surface area contributed by atoms with Gasteiger partial charge in [0.05, 0.1) is 18.4 Å². The summed E-state index contributed by atoms with van der Waals surface area (Å²) in [7, 11) is -3.51. The molecule has 7 heteroatoms. The fourth-order valence-corrected chi connectivity index (χ4v) is 3.64. The normalized spacial score (nSPS) is 20.7. The Hall–Kier alpha value is -2.22. The highest BCUT2D eigenvalue weighted by Crippen LogP contribution is 2.54. The van der Waals surface area contributed by atoms with Crippen molar-refractivity contribution in [2.24, 2.45) is 0 Å². The Bertz CT molecular complexity index is 963. The van der Waals surface area contributed by atoms with Crippen LogP contribution in [0.4, 0.5) is 0 Å². The summed E-state index contributed by atoms with van der Waals surface area (Å²) in [5.74, 6) is -0.976. The molecule has 124 valence electrons. The second-order valence-corrected chi connectivity index (χ2v) is 7.62. The lowest BCUT2D eigenvalue weighted by Gasteiger charge is -2.17. The van der Waals surface area contributed by atoms with Gasteiger partial charge in [-0.15, -0.1) is 0 Å². The minimum Gasteiger partial charge on any atom is -0.478 e. The van der Waals surface area contributed by atoms with E-state index >= 15 is 0 Å². The molecule has 2 aliphatic rings. The van der Waals surface area contributed by atoms with Gasteiger partial charge in [0, 0.05) is 0 Å². The Morgan fingerprint density at radius 1 is 1.08 bits per heavy atom. The van der Waals surface area contributed by atoms with E-state index in [2.05, 4.69) is 0 Å². The summed E-state index contributed by atoms with van der Waals surface area (Å²) in [5.41, 5.74) is 4.75. The highest BCUT2D eigenvalue weighted by Gasteiger charge is 2.42. The van der Waals surface area contributed by atoms with E-state index in [4.69, 9.17) is 14.0 Å².